The third-order valence-corrected chi connectivity index (χ3v) is 4.03. The molecule has 2 N–H and O–H groups in total. The number of aryl methyl sites for hydroxylation is 1. The lowest BCUT2D eigenvalue weighted by Gasteiger charge is -2.17. The minimum absolute atomic E-state index is 0.0546. The first-order chi connectivity index (χ1) is 13.8. The van der Waals surface area contributed by atoms with Crippen molar-refractivity contribution in [3.8, 4) is 0 Å². The number of rotatable bonds is 8. The summed E-state index contributed by atoms with van der Waals surface area (Å²) >= 11 is 0. The fourth-order valence-corrected chi connectivity index (χ4v) is 2.70. The highest BCUT2D eigenvalue weighted by molar-refractivity contribution is 5.95. The maximum absolute atomic E-state index is 12.1. The lowest BCUT2D eigenvalue weighted by atomic mass is 10.0. The molecule has 2 amide bonds. The van der Waals surface area contributed by atoms with Crippen molar-refractivity contribution in [1.29, 1.82) is 0 Å². The number of carbonyl (C=O) groups is 3. The van der Waals surface area contributed by atoms with E-state index in [1.165, 1.54) is 19.1 Å². The number of hydrogen-bond acceptors (Lipinski definition) is 6. The maximum Gasteiger partial charge on any atom is 0.308 e. The highest BCUT2D eigenvalue weighted by Gasteiger charge is 2.21. The highest BCUT2D eigenvalue weighted by atomic mass is 16.6. The van der Waals surface area contributed by atoms with Crippen LogP contribution in [0.1, 0.15) is 30.5 Å². The van der Waals surface area contributed by atoms with Gasteiger partial charge < -0.3 is 15.4 Å². The second-order valence-corrected chi connectivity index (χ2v) is 6.30. The van der Waals surface area contributed by atoms with E-state index in [0.29, 0.717) is 5.56 Å². The highest BCUT2D eigenvalue weighted by Crippen LogP contribution is 2.27. The number of para-hydroxylation sites is 1. The quantitative estimate of drug-likeness (QED) is 0.399. The van der Waals surface area contributed by atoms with Crippen LogP contribution in [-0.2, 0) is 19.1 Å². The molecule has 1 atom stereocenters. The number of amides is 2. The molecule has 2 rings (SSSR count). The molecule has 0 saturated carbocycles. The van der Waals surface area contributed by atoms with Crippen molar-refractivity contribution in [2.45, 2.75) is 26.3 Å². The summed E-state index contributed by atoms with van der Waals surface area (Å²) < 4.78 is 4.98. The molecule has 0 saturated heterocycles. The molecule has 0 bridgehead atoms. The molecule has 0 radical (unpaired) electrons. The lowest BCUT2D eigenvalue weighted by molar-refractivity contribution is -0.384. The van der Waals surface area contributed by atoms with Crippen LogP contribution in [0.25, 0.3) is 0 Å². The molecule has 0 spiro atoms. The van der Waals surface area contributed by atoms with E-state index >= 15 is 0 Å². The number of esters is 1. The maximum atomic E-state index is 12.1. The van der Waals surface area contributed by atoms with Gasteiger partial charge in [-0.05, 0) is 18.1 Å². The summed E-state index contributed by atoms with van der Waals surface area (Å²) in [7, 11) is 0. The Morgan fingerprint density at radius 1 is 1.10 bits per heavy atom. The molecule has 0 aromatic heterocycles. The molecule has 152 valence electrons. The number of benzene rings is 2. The Balaban J connectivity index is 1.97. The number of nitrogens with one attached hydrogen (secondary N) is 2. The van der Waals surface area contributed by atoms with Crippen molar-refractivity contribution in [1.82, 2.24) is 5.32 Å². The van der Waals surface area contributed by atoms with Gasteiger partial charge in [0.15, 0.2) is 6.61 Å². The summed E-state index contributed by atoms with van der Waals surface area (Å²) in [5.74, 6) is -1.70. The molecule has 0 unspecified atom stereocenters. The summed E-state index contributed by atoms with van der Waals surface area (Å²) in [5.41, 5.74) is 1.03. The predicted octanol–water partition coefficient (Wildman–Crippen LogP) is 2.65. The zero-order valence-corrected chi connectivity index (χ0v) is 16.0. The van der Waals surface area contributed by atoms with Gasteiger partial charge in [-0.3, -0.25) is 24.5 Å². The number of nitro groups is 1. The number of hydrogen-bond donors (Lipinski definition) is 2. The molecule has 2 aromatic rings. The first kappa shape index (κ1) is 21.5. The van der Waals surface area contributed by atoms with Gasteiger partial charge in [-0.1, -0.05) is 42.5 Å². The molecule has 0 fully saturated rings. The van der Waals surface area contributed by atoms with Crippen LogP contribution in [0, 0.1) is 17.0 Å². The predicted molar refractivity (Wildman–Crippen MR) is 105 cm³/mol. The van der Waals surface area contributed by atoms with Gasteiger partial charge in [0, 0.05) is 13.0 Å². The SMILES string of the molecule is CC(=O)N[C@@H](CC(=O)OCC(=O)Nc1c(C)cccc1[N+](=O)[O-])c1ccccc1. The molecule has 2 aromatic carbocycles. The Kier molecular flexibility index (Phi) is 7.41. The molecule has 0 aliphatic carbocycles. The van der Waals surface area contributed by atoms with Gasteiger partial charge in [0.2, 0.25) is 5.91 Å². The number of ether oxygens (including phenoxy) is 1. The molecule has 9 nitrogen and oxygen atoms in total. The van der Waals surface area contributed by atoms with E-state index < -0.39 is 29.4 Å². The zero-order chi connectivity index (χ0) is 21.4. The molecular formula is C20H21N3O6. The Hall–Kier alpha value is -3.75. The van der Waals surface area contributed by atoms with Crippen molar-refractivity contribution < 1.29 is 24.0 Å². The summed E-state index contributed by atoms with van der Waals surface area (Å²) in [5, 5.41) is 16.2. The first-order valence-corrected chi connectivity index (χ1v) is 8.79. The van der Waals surface area contributed by atoms with E-state index in [9.17, 15) is 24.5 Å². The number of anilines is 1. The Morgan fingerprint density at radius 2 is 1.79 bits per heavy atom. The molecule has 0 aliphatic heterocycles. The molecule has 29 heavy (non-hydrogen) atoms. The summed E-state index contributed by atoms with van der Waals surface area (Å²) in [6, 6.07) is 12.7. The zero-order valence-electron chi connectivity index (χ0n) is 16.0. The van der Waals surface area contributed by atoms with Crippen molar-refractivity contribution in [2.24, 2.45) is 0 Å². The number of nitrogens with zero attached hydrogens (tertiary/aromatic N) is 1. The topological polar surface area (TPSA) is 128 Å². The summed E-state index contributed by atoms with van der Waals surface area (Å²) in [6.45, 7) is 2.35. The lowest BCUT2D eigenvalue weighted by Crippen LogP contribution is -2.29. The number of nitro benzene ring substituents is 1. The van der Waals surface area contributed by atoms with Gasteiger partial charge in [-0.25, -0.2) is 0 Å². The first-order valence-electron chi connectivity index (χ1n) is 8.79. The minimum Gasteiger partial charge on any atom is -0.455 e. The van der Waals surface area contributed by atoms with E-state index in [0.717, 1.165) is 5.56 Å². The second kappa shape index (κ2) is 9.98. The van der Waals surface area contributed by atoms with E-state index in [-0.39, 0.29) is 23.7 Å². The fourth-order valence-electron chi connectivity index (χ4n) is 2.70. The third kappa shape index (κ3) is 6.42. The van der Waals surface area contributed by atoms with Crippen LogP contribution in [0.3, 0.4) is 0 Å². The van der Waals surface area contributed by atoms with Crippen LogP contribution in [0.2, 0.25) is 0 Å². The van der Waals surface area contributed by atoms with Crippen LogP contribution in [0.15, 0.2) is 48.5 Å². The van der Waals surface area contributed by atoms with Crippen LogP contribution >= 0.6 is 0 Å². The number of carbonyl (C=O) groups excluding carboxylic acids is 3. The molecule has 9 heteroatoms. The van der Waals surface area contributed by atoms with Crippen molar-refractivity contribution in [3.63, 3.8) is 0 Å². The molecule has 0 aliphatic rings. The van der Waals surface area contributed by atoms with Crippen LogP contribution in [-0.4, -0.2) is 29.3 Å². The van der Waals surface area contributed by atoms with Crippen LogP contribution in [0.4, 0.5) is 11.4 Å². The van der Waals surface area contributed by atoms with Crippen molar-refractivity contribution in [2.75, 3.05) is 11.9 Å². The van der Waals surface area contributed by atoms with Gasteiger partial charge in [0.1, 0.15) is 5.69 Å². The standard InChI is InChI=1S/C20H21N3O6/c1-13-7-6-10-17(23(27)28)20(13)22-18(25)12-29-19(26)11-16(21-14(2)24)15-8-4-3-5-9-15/h3-10,16H,11-12H2,1-2H3,(H,21,24)(H,22,25)/t16-/m0/s1. The van der Waals surface area contributed by atoms with Gasteiger partial charge >= 0.3 is 5.97 Å². The Bertz CT molecular complexity index is 914. The van der Waals surface area contributed by atoms with Gasteiger partial charge in [-0.15, -0.1) is 0 Å². The van der Waals surface area contributed by atoms with E-state index in [1.807, 2.05) is 6.07 Å². The van der Waals surface area contributed by atoms with Crippen molar-refractivity contribution >= 4 is 29.2 Å². The third-order valence-electron chi connectivity index (χ3n) is 4.03. The smallest absolute Gasteiger partial charge is 0.308 e. The van der Waals surface area contributed by atoms with Crippen LogP contribution < -0.4 is 10.6 Å². The minimum atomic E-state index is -0.702. The monoisotopic (exact) mass is 399 g/mol. The van der Waals surface area contributed by atoms with Crippen molar-refractivity contribution in [3.05, 3.63) is 69.8 Å². The molecular weight excluding hydrogens is 378 g/mol. The van der Waals surface area contributed by atoms with Gasteiger partial charge in [0.05, 0.1) is 17.4 Å². The molecule has 0 heterocycles. The van der Waals surface area contributed by atoms with E-state index in [1.54, 1.807) is 37.3 Å². The summed E-state index contributed by atoms with van der Waals surface area (Å²) in [4.78, 5) is 46.2. The Morgan fingerprint density at radius 3 is 2.41 bits per heavy atom. The fraction of sp³-hybridized carbons (Fsp3) is 0.250. The van der Waals surface area contributed by atoms with Gasteiger partial charge in [0.25, 0.3) is 11.6 Å². The summed E-state index contributed by atoms with van der Waals surface area (Å²) in [6.07, 6.45) is -0.165. The van der Waals surface area contributed by atoms with E-state index in [2.05, 4.69) is 10.6 Å². The Labute approximate surface area is 167 Å². The normalized spacial score (nSPS) is 11.2. The second-order valence-electron chi connectivity index (χ2n) is 6.30. The van der Waals surface area contributed by atoms with E-state index in [4.69, 9.17) is 4.74 Å². The van der Waals surface area contributed by atoms with Crippen LogP contribution in [0.5, 0.6) is 0 Å². The average Bonchev–Trinajstić information content (AvgIpc) is 2.67. The largest absolute Gasteiger partial charge is 0.455 e. The average molecular weight is 399 g/mol. The van der Waals surface area contributed by atoms with Gasteiger partial charge in [-0.2, -0.15) is 0 Å².